The lowest BCUT2D eigenvalue weighted by atomic mass is 9.98. The average Bonchev–Trinajstić information content (AvgIpc) is 2.33. The molecule has 0 aliphatic heterocycles. The van der Waals surface area contributed by atoms with E-state index in [0.29, 0.717) is 0 Å². The fourth-order valence-corrected chi connectivity index (χ4v) is 3.82. The van der Waals surface area contributed by atoms with E-state index in [9.17, 15) is 0 Å². The Morgan fingerprint density at radius 2 is 1.37 bits per heavy atom. The van der Waals surface area contributed by atoms with E-state index < -0.39 is 0 Å². The molecule has 0 aliphatic rings. The highest BCUT2D eigenvalue weighted by atomic mass is 127. The van der Waals surface area contributed by atoms with Crippen LogP contribution in [0.1, 0.15) is 33.4 Å². The Balaban J connectivity index is 2.39. The summed E-state index contributed by atoms with van der Waals surface area (Å²) in [4.78, 5) is 0. The van der Waals surface area contributed by atoms with Gasteiger partial charge in [-0.15, -0.1) is 0 Å². The van der Waals surface area contributed by atoms with Gasteiger partial charge in [-0.05, 0) is 125 Å². The first kappa shape index (κ1) is 15.3. The van der Waals surface area contributed by atoms with E-state index in [4.69, 9.17) is 0 Å². The highest BCUT2D eigenvalue weighted by molar-refractivity contribution is 14.1. The van der Waals surface area contributed by atoms with E-state index in [2.05, 4.69) is 97.1 Å². The zero-order valence-electron chi connectivity index (χ0n) is 11.8. The Labute approximate surface area is 143 Å². The number of halogens is 2. The van der Waals surface area contributed by atoms with Crippen LogP contribution in [0.4, 0.5) is 0 Å². The van der Waals surface area contributed by atoms with Gasteiger partial charge in [-0.25, -0.2) is 0 Å². The standard InChI is InChI=1S/C17H18I2/c1-10-6-15(17(19)7-11(10)2)8-14-5-12(3)13(4)16(18)9-14/h5-7,9H,8H2,1-4H3. The molecular weight excluding hydrogens is 458 g/mol. The van der Waals surface area contributed by atoms with Crippen LogP contribution in [0, 0.1) is 34.8 Å². The van der Waals surface area contributed by atoms with Crippen LogP contribution >= 0.6 is 45.2 Å². The van der Waals surface area contributed by atoms with Crippen molar-refractivity contribution >= 4 is 45.2 Å². The zero-order valence-corrected chi connectivity index (χ0v) is 16.1. The lowest BCUT2D eigenvalue weighted by Crippen LogP contribution is -1.97. The number of aryl methyl sites for hydroxylation is 3. The largest absolute Gasteiger partial charge is 0.0554 e. The van der Waals surface area contributed by atoms with Gasteiger partial charge < -0.3 is 0 Å². The fourth-order valence-electron chi connectivity index (χ4n) is 2.19. The van der Waals surface area contributed by atoms with Gasteiger partial charge in [-0.2, -0.15) is 0 Å². The van der Waals surface area contributed by atoms with Gasteiger partial charge in [0.15, 0.2) is 0 Å². The summed E-state index contributed by atoms with van der Waals surface area (Å²) in [5.74, 6) is 0. The van der Waals surface area contributed by atoms with Crippen molar-refractivity contribution in [2.24, 2.45) is 0 Å². The van der Waals surface area contributed by atoms with Crippen LogP contribution in [-0.4, -0.2) is 0 Å². The second-order valence-electron chi connectivity index (χ2n) is 5.22. The molecular formula is C17H18I2. The molecule has 0 N–H and O–H groups in total. The number of hydrogen-bond acceptors (Lipinski definition) is 0. The summed E-state index contributed by atoms with van der Waals surface area (Å²) >= 11 is 4.89. The van der Waals surface area contributed by atoms with Crippen LogP contribution in [0.3, 0.4) is 0 Å². The molecule has 0 amide bonds. The normalized spacial score (nSPS) is 10.8. The molecule has 100 valence electrons. The molecule has 0 bridgehead atoms. The molecule has 0 aliphatic carbocycles. The molecule has 0 atom stereocenters. The molecule has 0 spiro atoms. The maximum absolute atomic E-state index is 2.45. The summed E-state index contributed by atoms with van der Waals surface area (Å²) in [6.07, 6.45) is 1.02. The van der Waals surface area contributed by atoms with Crippen molar-refractivity contribution in [1.29, 1.82) is 0 Å². The van der Waals surface area contributed by atoms with Crippen LogP contribution < -0.4 is 0 Å². The Kier molecular flexibility index (Phi) is 4.93. The molecule has 2 heteroatoms. The van der Waals surface area contributed by atoms with Crippen LogP contribution in [0.2, 0.25) is 0 Å². The Morgan fingerprint density at radius 3 is 2.00 bits per heavy atom. The average molecular weight is 476 g/mol. The van der Waals surface area contributed by atoms with Crippen molar-refractivity contribution in [3.63, 3.8) is 0 Å². The summed E-state index contributed by atoms with van der Waals surface area (Å²) < 4.78 is 2.74. The molecule has 0 heterocycles. The van der Waals surface area contributed by atoms with E-state index in [1.54, 1.807) is 0 Å². The summed E-state index contributed by atoms with van der Waals surface area (Å²) in [7, 11) is 0. The van der Waals surface area contributed by atoms with Crippen LogP contribution in [0.15, 0.2) is 24.3 Å². The van der Waals surface area contributed by atoms with E-state index >= 15 is 0 Å². The van der Waals surface area contributed by atoms with Crippen molar-refractivity contribution in [2.75, 3.05) is 0 Å². The quantitative estimate of drug-likeness (QED) is 0.487. The summed E-state index contributed by atoms with van der Waals surface area (Å²) in [6.45, 7) is 8.77. The second-order valence-corrected chi connectivity index (χ2v) is 7.55. The zero-order chi connectivity index (χ0) is 14.2. The van der Waals surface area contributed by atoms with Gasteiger partial charge in [0.1, 0.15) is 0 Å². The van der Waals surface area contributed by atoms with Crippen molar-refractivity contribution in [2.45, 2.75) is 34.1 Å². The SMILES string of the molecule is Cc1cc(I)c(Cc2cc(C)c(C)c(I)c2)cc1C. The first-order valence-electron chi connectivity index (χ1n) is 6.39. The third-order valence-electron chi connectivity index (χ3n) is 3.72. The molecule has 0 nitrogen and oxygen atoms in total. The third kappa shape index (κ3) is 3.51. The van der Waals surface area contributed by atoms with E-state index in [-0.39, 0.29) is 0 Å². The van der Waals surface area contributed by atoms with Gasteiger partial charge in [-0.3, -0.25) is 0 Å². The van der Waals surface area contributed by atoms with Crippen LogP contribution in [0.25, 0.3) is 0 Å². The van der Waals surface area contributed by atoms with Crippen molar-refractivity contribution in [3.05, 3.63) is 64.8 Å². The maximum Gasteiger partial charge on any atom is 0.0168 e. The summed E-state index contributed by atoms with van der Waals surface area (Å²) in [5.41, 5.74) is 8.40. The highest BCUT2D eigenvalue weighted by Gasteiger charge is 2.07. The van der Waals surface area contributed by atoms with Crippen molar-refractivity contribution in [1.82, 2.24) is 0 Å². The molecule has 2 rings (SSSR count). The minimum Gasteiger partial charge on any atom is -0.0554 e. The third-order valence-corrected chi connectivity index (χ3v) is 5.85. The Hall–Kier alpha value is -0.100. The molecule has 19 heavy (non-hydrogen) atoms. The maximum atomic E-state index is 2.45. The molecule has 0 radical (unpaired) electrons. The highest BCUT2D eigenvalue weighted by Crippen LogP contribution is 2.24. The second kappa shape index (κ2) is 6.12. The summed E-state index contributed by atoms with van der Waals surface area (Å²) in [6, 6.07) is 9.26. The molecule has 0 unspecified atom stereocenters. The predicted octanol–water partition coefficient (Wildman–Crippen LogP) is 5.72. The molecule has 0 fully saturated rings. The summed E-state index contributed by atoms with van der Waals surface area (Å²) in [5, 5.41) is 0. The number of benzene rings is 2. The van der Waals surface area contributed by atoms with Gasteiger partial charge in [0.2, 0.25) is 0 Å². The number of rotatable bonds is 2. The lowest BCUT2D eigenvalue weighted by molar-refractivity contribution is 1.13. The fraction of sp³-hybridized carbons (Fsp3) is 0.294. The van der Waals surface area contributed by atoms with Gasteiger partial charge in [-0.1, -0.05) is 12.1 Å². The Morgan fingerprint density at radius 1 is 0.737 bits per heavy atom. The van der Waals surface area contributed by atoms with E-state index in [1.165, 1.54) is 40.5 Å². The first-order chi connectivity index (χ1) is 8.88. The van der Waals surface area contributed by atoms with Gasteiger partial charge in [0, 0.05) is 7.14 Å². The first-order valence-corrected chi connectivity index (χ1v) is 8.55. The van der Waals surface area contributed by atoms with Crippen molar-refractivity contribution in [3.8, 4) is 0 Å². The molecule has 0 saturated carbocycles. The van der Waals surface area contributed by atoms with E-state index in [0.717, 1.165) is 6.42 Å². The minimum absolute atomic E-state index is 1.02. The molecule has 2 aromatic rings. The lowest BCUT2D eigenvalue weighted by Gasteiger charge is -2.11. The molecule has 0 aromatic heterocycles. The smallest absolute Gasteiger partial charge is 0.0168 e. The van der Waals surface area contributed by atoms with Gasteiger partial charge in [0.25, 0.3) is 0 Å². The van der Waals surface area contributed by atoms with Gasteiger partial charge in [0.05, 0.1) is 0 Å². The molecule has 0 saturated heterocycles. The predicted molar refractivity (Wildman–Crippen MR) is 100 cm³/mol. The topological polar surface area (TPSA) is 0 Å². The van der Waals surface area contributed by atoms with Crippen LogP contribution in [0.5, 0.6) is 0 Å². The van der Waals surface area contributed by atoms with Crippen LogP contribution in [-0.2, 0) is 6.42 Å². The van der Waals surface area contributed by atoms with Gasteiger partial charge >= 0.3 is 0 Å². The monoisotopic (exact) mass is 476 g/mol. The van der Waals surface area contributed by atoms with Crippen molar-refractivity contribution < 1.29 is 0 Å². The number of hydrogen-bond donors (Lipinski definition) is 0. The van der Waals surface area contributed by atoms with E-state index in [1.807, 2.05) is 0 Å². The minimum atomic E-state index is 1.02. The Bertz CT molecular complexity index is 604. The molecule has 2 aromatic carbocycles.